The lowest BCUT2D eigenvalue weighted by atomic mass is 9.92. The lowest BCUT2D eigenvalue weighted by Crippen LogP contribution is -2.41. The summed E-state index contributed by atoms with van der Waals surface area (Å²) >= 11 is 0. The van der Waals surface area contributed by atoms with Crippen molar-refractivity contribution in [1.82, 2.24) is 20.0 Å². The molecule has 3 heterocycles. The first-order valence-corrected chi connectivity index (χ1v) is 12.5. The highest BCUT2D eigenvalue weighted by Gasteiger charge is 2.37. The van der Waals surface area contributed by atoms with Crippen LogP contribution in [0.15, 0.2) is 28.8 Å². The average molecular weight is 540 g/mol. The molecule has 12 heteroatoms. The molecule has 2 aromatic heterocycles. The van der Waals surface area contributed by atoms with Crippen LogP contribution < -0.4 is 15.8 Å². The van der Waals surface area contributed by atoms with Crippen LogP contribution in [-0.4, -0.2) is 50.2 Å². The van der Waals surface area contributed by atoms with Gasteiger partial charge in [-0.2, -0.15) is 0 Å². The molecule has 1 fully saturated rings. The summed E-state index contributed by atoms with van der Waals surface area (Å²) in [6.45, 7) is 3.57. The quantitative estimate of drug-likeness (QED) is 0.432. The van der Waals surface area contributed by atoms with Crippen molar-refractivity contribution in [2.45, 2.75) is 63.6 Å². The zero-order chi connectivity index (χ0) is 27.9. The molecule has 1 unspecified atom stereocenters. The van der Waals surface area contributed by atoms with Gasteiger partial charge in [-0.1, -0.05) is 17.0 Å². The Labute approximate surface area is 222 Å². The molecule has 1 aliphatic heterocycles. The van der Waals surface area contributed by atoms with Crippen LogP contribution in [0.4, 0.5) is 8.78 Å². The number of amides is 2. The number of aryl methyl sites for hydroxylation is 1. The number of primary amides is 1. The Morgan fingerprint density at radius 1 is 1.28 bits per heavy atom. The summed E-state index contributed by atoms with van der Waals surface area (Å²) in [5.74, 6) is 2.72. The van der Waals surface area contributed by atoms with Gasteiger partial charge in [-0.05, 0) is 44.9 Å². The van der Waals surface area contributed by atoms with Gasteiger partial charge < -0.3 is 30.0 Å². The van der Waals surface area contributed by atoms with E-state index in [0.717, 1.165) is 0 Å². The van der Waals surface area contributed by atoms with Gasteiger partial charge in [0, 0.05) is 30.5 Å². The Morgan fingerprint density at radius 2 is 2.03 bits per heavy atom. The van der Waals surface area contributed by atoms with Crippen LogP contribution in [0.2, 0.25) is 0 Å². The average Bonchev–Trinajstić information content (AvgIpc) is 3.45. The number of alkyl halides is 2. The molecular formula is C27H27F2N5O5. The molecule has 2 aliphatic rings. The molecular weight excluding hydrogens is 512 g/mol. The maximum Gasteiger partial charge on any atom is 0.270 e. The van der Waals surface area contributed by atoms with Crippen LogP contribution in [0.25, 0.3) is 11.4 Å². The number of nitrogens with one attached hydrogen (secondary N) is 1. The standard InChI is InChI=1S/C27H27F2N5O5/c1-15-13-20(33-39-15)26(2,37)8-5-16-3-4-19-18(14-16)24-32-21(23(30)35)22(34(24)11-12-38-19)25(36)31-17-6-9-27(28,29)10-7-17/h3-4,13-14,17,37H,6-7,9-12H2,1-2H3,(H2,30,35)(H,31,36). The fourth-order valence-electron chi connectivity index (χ4n) is 4.73. The number of nitrogens with two attached hydrogens (primary N) is 1. The van der Waals surface area contributed by atoms with E-state index in [2.05, 4.69) is 27.3 Å². The molecule has 0 saturated heterocycles. The molecule has 204 valence electrons. The first-order chi connectivity index (χ1) is 18.4. The molecule has 0 spiro atoms. The van der Waals surface area contributed by atoms with Gasteiger partial charge in [-0.25, -0.2) is 13.8 Å². The number of halogens is 2. The number of imidazole rings is 1. The zero-order valence-electron chi connectivity index (χ0n) is 21.4. The van der Waals surface area contributed by atoms with Crippen LogP contribution in [0, 0.1) is 18.8 Å². The smallest absolute Gasteiger partial charge is 0.270 e. The van der Waals surface area contributed by atoms with Gasteiger partial charge in [0.1, 0.15) is 35.3 Å². The fraction of sp³-hybridized carbons (Fsp3) is 0.407. The molecule has 0 bridgehead atoms. The third-order valence-corrected chi connectivity index (χ3v) is 6.84. The zero-order valence-corrected chi connectivity index (χ0v) is 21.4. The van der Waals surface area contributed by atoms with Crippen LogP contribution in [0.3, 0.4) is 0 Å². The summed E-state index contributed by atoms with van der Waals surface area (Å²) in [6, 6.07) is 6.20. The molecule has 3 aromatic rings. The van der Waals surface area contributed by atoms with E-state index < -0.39 is 29.4 Å². The minimum Gasteiger partial charge on any atom is -0.491 e. The second-order valence-corrected chi connectivity index (χ2v) is 9.96. The van der Waals surface area contributed by atoms with Crippen LogP contribution in [0.1, 0.15) is 70.6 Å². The van der Waals surface area contributed by atoms with E-state index >= 15 is 0 Å². The molecule has 1 atom stereocenters. The largest absolute Gasteiger partial charge is 0.491 e. The normalized spacial score (nSPS) is 17.9. The van der Waals surface area contributed by atoms with Crippen molar-refractivity contribution in [2.24, 2.45) is 5.73 Å². The van der Waals surface area contributed by atoms with Crippen LogP contribution in [0.5, 0.6) is 5.75 Å². The molecule has 1 saturated carbocycles. The second-order valence-electron chi connectivity index (χ2n) is 9.96. The number of aromatic nitrogens is 3. The number of benzene rings is 1. The molecule has 1 aromatic carbocycles. The summed E-state index contributed by atoms with van der Waals surface area (Å²) in [6.07, 6.45) is -0.396. The number of hydrogen-bond donors (Lipinski definition) is 3. The predicted molar refractivity (Wildman–Crippen MR) is 134 cm³/mol. The Balaban J connectivity index is 1.49. The molecule has 5 rings (SSSR count). The Hall–Kier alpha value is -4.24. The SMILES string of the molecule is Cc1cc(C(C)(O)C#Cc2ccc3c(c2)-c2nc(C(N)=O)c(C(=O)NC4CCC(F)(F)CC4)n2CCO3)no1. The van der Waals surface area contributed by atoms with Crippen molar-refractivity contribution in [2.75, 3.05) is 6.61 Å². The molecule has 1 aliphatic carbocycles. The lowest BCUT2D eigenvalue weighted by molar-refractivity contribution is -0.0399. The van der Waals surface area contributed by atoms with Crippen molar-refractivity contribution in [3.05, 3.63) is 52.7 Å². The van der Waals surface area contributed by atoms with Crippen molar-refractivity contribution in [3.8, 4) is 29.0 Å². The van der Waals surface area contributed by atoms with E-state index in [9.17, 15) is 23.5 Å². The van der Waals surface area contributed by atoms with E-state index in [-0.39, 0.29) is 61.7 Å². The minimum atomic E-state index is -2.74. The Kier molecular flexibility index (Phi) is 6.64. The maximum absolute atomic E-state index is 13.6. The number of hydrogen-bond acceptors (Lipinski definition) is 7. The summed E-state index contributed by atoms with van der Waals surface area (Å²) in [5, 5.41) is 17.3. The minimum absolute atomic E-state index is 0.0490. The number of carbonyl (C=O) groups excluding carboxylic acids is 2. The van der Waals surface area contributed by atoms with Gasteiger partial charge in [-0.15, -0.1) is 0 Å². The van der Waals surface area contributed by atoms with Gasteiger partial charge in [0.2, 0.25) is 5.92 Å². The number of rotatable bonds is 4. The monoisotopic (exact) mass is 539 g/mol. The lowest BCUT2D eigenvalue weighted by Gasteiger charge is -2.28. The Bertz CT molecular complexity index is 1500. The van der Waals surface area contributed by atoms with Crippen LogP contribution >= 0.6 is 0 Å². The van der Waals surface area contributed by atoms with E-state index in [1.54, 1.807) is 35.8 Å². The third kappa shape index (κ3) is 5.35. The first kappa shape index (κ1) is 26.4. The first-order valence-electron chi connectivity index (χ1n) is 12.5. The third-order valence-electron chi connectivity index (χ3n) is 6.84. The van der Waals surface area contributed by atoms with E-state index in [1.807, 2.05) is 0 Å². The molecule has 10 nitrogen and oxygen atoms in total. The molecule has 4 N–H and O–H groups in total. The van der Waals surface area contributed by atoms with Crippen molar-refractivity contribution in [1.29, 1.82) is 0 Å². The van der Waals surface area contributed by atoms with Gasteiger partial charge in [0.25, 0.3) is 11.8 Å². The summed E-state index contributed by atoms with van der Waals surface area (Å²) in [4.78, 5) is 30.0. The molecule has 2 amide bonds. The maximum atomic E-state index is 13.6. The number of fused-ring (bicyclic) bond motifs is 3. The number of carbonyl (C=O) groups is 2. The highest BCUT2D eigenvalue weighted by Crippen LogP contribution is 2.36. The number of nitrogens with zero attached hydrogens (tertiary/aromatic N) is 3. The number of ether oxygens (including phenoxy) is 1. The van der Waals surface area contributed by atoms with Crippen molar-refractivity contribution < 1.29 is 32.7 Å². The number of aliphatic hydroxyl groups is 1. The van der Waals surface area contributed by atoms with Crippen LogP contribution in [-0.2, 0) is 12.1 Å². The highest BCUT2D eigenvalue weighted by molar-refractivity contribution is 6.05. The Morgan fingerprint density at radius 3 is 2.69 bits per heavy atom. The molecule has 39 heavy (non-hydrogen) atoms. The van der Waals surface area contributed by atoms with E-state index in [1.165, 1.54) is 6.92 Å². The van der Waals surface area contributed by atoms with Gasteiger partial charge >= 0.3 is 0 Å². The predicted octanol–water partition coefficient (Wildman–Crippen LogP) is 2.90. The van der Waals surface area contributed by atoms with Crippen molar-refractivity contribution in [3.63, 3.8) is 0 Å². The summed E-state index contributed by atoms with van der Waals surface area (Å²) in [5.41, 5.74) is 4.98. The second kappa shape index (κ2) is 9.81. The highest BCUT2D eigenvalue weighted by atomic mass is 19.3. The van der Waals surface area contributed by atoms with Gasteiger partial charge in [0.05, 0.1) is 12.1 Å². The fourth-order valence-corrected chi connectivity index (χ4v) is 4.73. The molecule has 0 radical (unpaired) electrons. The summed E-state index contributed by atoms with van der Waals surface area (Å²) < 4.78 is 39.6. The van der Waals surface area contributed by atoms with Gasteiger partial charge in [-0.3, -0.25) is 9.59 Å². The van der Waals surface area contributed by atoms with Crippen molar-refractivity contribution >= 4 is 11.8 Å². The summed E-state index contributed by atoms with van der Waals surface area (Å²) in [7, 11) is 0. The van der Waals surface area contributed by atoms with E-state index in [0.29, 0.717) is 22.6 Å². The topological polar surface area (TPSA) is 146 Å². The van der Waals surface area contributed by atoms with Gasteiger partial charge in [0.15, 0.2) is 11.3 Å². The van der Waals surface area contributed by atoms with E-state index in [4.69, 9.17) is 15.0 Å².